The molecule has 0 aliphatic rings. The number of benzene rings is 1. The van der Waals surface area contributed by atoms with Crippen molar-refractivity contribution >= 4 is 0 Å². The summed E-state index contributed by atoms with van der Waals surface area (Å²) in [5.41, 5.74) is 1.29. The van der Waals surface area contributed by atoms with Crippen LogP contribution in [0.3, 0.4) is 0 Å². The quantitative estimate of drug-likeness (QED) is 0.542. The van der Waals surface area contributed by atoms with Gasteiger partial charge in [0.15, 0.2) is 0 Å². The van der Waals surface area contributed by atoms with Crippen molar-refractivity contribution in [2.24, 2.45) is 7.05 Å². The molecule has 0 saturated heterocycles. The number of nitrogens with zero attached hydrogens (tertiary/aromatic N) is 2. The average Bonchev–Trinajstić information content (AvgIpc) is 2.77. The summed E-state index contributed by atoms with van der Waals surface area (Å²) in [7, 11) is 2.12. The SMILES string of the molecule is CCCCCC[n+]1ccn(C)c1-c1ccccc1. The van der Waals surface area contributed by atoms with Crippen LogP contribution in [0.2, 0.25) is 0 Å². The van der Waals surface area contributed by atoms with E-state index >= 15 is 0 Å². The Morgan fingerprint density at radius 2 is 1.83 bits per heavy atom. The van der Waals surface area contributed by atoms with Crippen molar-refractivity contribution in [1.29, 1.82) is 0 Å². The summed E-state index contributed by atoms with van der Waals surface area (Å²) < 4.78 is 4.57. The molecule has 2 heteroatoms. The minimum atomic E-state index is 1.12. The fourth-order valence-electron chi connectivity index (χ4n) is 2.37. The van der Waals surface area contributed by atoms with Crippen LogP contribution in [-0.2, 0) is 13.6 Å². The molecule has 1 aromatic heterocycles. The van der Waals surface area contributed by atoms with Crippen molar-refractivity contribution in [3.05, 3.63) is 42.7 Å². The molecule has 0 bridgehead atoms. The molecule has 0 unspecified atom stereocenters. The van der Waals surface area contributed by atoms with Gasteiger partial charge in [0.05, 0.1) is 19.2 Å². The molecule has 2 nitrogen and oxygen atoms in total. The molecule has 1 aromatic carbocycles. The van der Waals surface area contributed by atoms with Gasteiger partial charge in [-0.05, 0) is 25.0 Å². The summed E-state index contributed by atoms with van der Waals surface area (Å²) in [6.45, 7) is 3.37. The van der Waals surface area contributed by atoms with E-state index in [0.717, 1.165) is 6.54 Å². The van der Waals surface area contributed by atoms with Crippen molar-refractivity contribution in [2.75, 3.05) is 0 Å². The van der Waals surface area contributed by atoms with Crippen LogP contribution in [0.15, 0.2) is 42.7 Å². The molecule has 2 rings (SSSR count). The number of aryl methyl sites for hydroxylation is 2. The van der Waals surface area contributed by atoms with Crippen LogP contribution in [0.4, 0.5) is 0 Å². The number of unbranched alkanes of at least 4 members (excludes halogenated alkanes) is 3. The first-order valence-electron chi connectivity index (χ1n) is 6.93. The lowest BCUT2D eigenvalue weighted by Gasteiger charge is -2.03. The van der Waals surface area contributed by atoms with Gasteiger partial charge in [-0.3, -0.25) is 0 Å². The van der Waals surface area contributed by atoms with Crippen LogP contribution in [0.1, 0.15) is 32.6 Å². The van der Waals surface area contributed by atoms with Crippen molar-refractivity contribution in [1.82, 2.24) is 4.57 Å². The van der Waals surface area contributed by atoms with Crippen molar-refractivity contribution in [3.8, 4) is 11.4 Å². The molecule has 0 saturated carbocycles. The summed E-state index contributed by atoms with van der Waals surface area (Å²) >= 11 is 0. The number of rotatable bonds is 6. The summed E-state index contributed by atoms with van der Waals surface area (Å²) in [6, 6.07) is 10.6. The monoisotopic (exact) mass is 243 g/mol. The van der Waals surface area contributed by atoms with Crippen LogP contribution >= 0.6 is 0 Å². The molecule has 0 fully saturated rings. The molecular formula is C16H23N2+. The molecule has 1 heterocycles. The number of hydrogen-bond donors (Lipinski definition) is 0. The van der Waals surface area contributed by atoms with E-state index in [1.54, 1.807) is 0 Å². The van der Waals surface area contributed by atoms with Gasteiger partial charge in [0.1, 0.15) is 12.4 Å². The highest BCUT2D eigenvalue weighted by Crippen LogP contribution is 2.14. The molecule has 0 aliphatic heterocycles. The van der Waals surface area contributed by atoms with Crippen LogP contribution in [-0.4, -0.2) is 4.57 Å². The molecule has 2 aromatic rings. The van der Waals surface area contributed by atoms with E-state index in [1.165, 1.54) is 37.1 Å². The van der Waals surface area contributed by atoms with Gasteiger partial charge in [-0.1, -0.05) is 38.0 Å². The third kappa shape index (κ3) is 3.00. The van der Waals surface area contributed by atoms with E-state index in [0.29, 0.717) is 0 Å². The van der Waals surface area contributed by atoms with E-state index in [1.807, 2.05) is 0 Å². The lowest BCUT2D eigenvalue weighted by atomic mass is 10.2. The van der Waals surface area contributed by atoms with E-state index in [9.17, 15) is 0 Å². The molecule has 0 N–H and O–H groups in total. The van der Waals surface area contributed by atoms with Gasteiger partial charge in [0.25, 0.3) is 5.82 Å². The third-order valence-electron chi connectivity index (χ3n) is 3.36. The molecule has 0 atom stereocenters. The van der Waals surface area contributed by atoms with Gasteiger partial charge in [-0.15, -0.1) is 0 Å². The van der Waals surface area contributed by atoms with Crippen LogP contribution < -0.4 is 4.57 Å². The summed E-state index contributed by atoms with van der Waals surface area (Å²) in [5, 5.41) is 0. The zero-order valence-corrected chi connectivity index (χ0v) is 11.5. The van der Waals surface area contributed by atoms with Gasteiger partial charge in [-0.25, -0.2) is 9.13 Å². The van der Waals surface area contributed by atoms with Gasteiger partial charge < -0.3 is 0 Å². The smallest absolute Gasteiger partial charge is 0.233 e. The molecule has 0 spiro atoms. The van der Waals surface area contributed by atoms with E-state index in [-0.39, 0.29) is 0 Å². The van der Waals surface area contributed by atoms with Crippen LogP contribution in [0.25, 0.3) is 11.4 Å². The fraction of sp³-hybridized carbons (Fsp3) is 0.438. The first kappa shape index (κ1) is 12.9. The van der Waals surface area contributed by atoms with Crippen molar-refractivity contribution < 1.29 is 4.57 Å². The van der Waals surface area contributed by atoms with Crippen molar-refractivity contribution in [3.63, 3.8) is 0 Å². The van der Waals surface area contributed by atoms with Gasteiger partial charge >= 0.3 is 0 Å². The second-order valence-electron chi connectivity index (χ2n) is 4.85. The minimum absolute atomic E-state index is 1.12. The van der Waals surface area contributed by atoms with E-state index in [4.69, 9.17) is 0 Å². The zero-order valence-electron chi connectivity index (χ0n) is 11.5. The highest BCUT2D eigenvalue weighted by atomic mass is 15.1. The Morgan fingerprint density at radius 3 is 2.56 bits per heavy atom. The number of imidazole rings is 1. The third-order valence-corrected chi connectivity index (χ3v) is 3.36. The average molecular weight is 243 g/mol. The summed E-state index contributed by atoms with van der Waals surface area (Å²) in [5.74, 6) is 1.30. The predicted molar refractivity (Wildman–Crippen MR) is 75.2 cm³/mol. The largest absolute Gasteiger partial charge is 0.288 e. The lowest BCUT2D eigenvalue weighted by Crippen LogP contribution is -2.34. The highest BCUT2D eigenvalue weighted by Gasteiger charge is 2.15. The number of aromatic nitrogens is 2. The Bertz CT molecular complexity index is 471. The highest BCUT2D eigenvalue weighted by molar-refractivity contribution is 5.51. The zero-order chi connectivity index (χ0) is 12.8. The van der Waals surface area contributed by atoms with Crippen LogP contribution in [0, 0.1) is 0 Å². The Labute approximate surface area is 110 Å². The first-order chi connectivity index (χ1) is 8.83. The predicted octanol–water partition coefficient (Wildman–Crippen LogP) is 3.56. The molecule has 0 amide bonds. The Kier molecular flexibility index (Phi) is 4.57. The van der Waals surface area contributed by atoms with Gasteiger partial charge in [-0.2, -0.15) is 0 Å². The van der Waals surface area contributed by atoms with Gasteiger partial charge in [0, 0.05) is 0 Å². The normalized spacial score (nSPS) is 10.8. The topological polar surface area (TPSA) is 8.81 Å². The lowest BCUT2D eigenvalue weighted by molar-refractivity contribution is -0.685. The second-order valence-corrected chi connectivity index (χ2v) is 4.85. The molecule has 0 radical (unpaired) electrons. The Hall–Kier alpha value is -1.57. The molecule has 18 heavy (non-hydrogen) atoms. The maximum Gasteiger partial charge on any atom is 0.288 e. The first-order valence-corrected chi connectivity index (χ1v) is 6.93. The van der Waals surface area contributed by atoms with Crippen LogP contribution in [0.5, 0.6) is 0 Å². The maximum absolute atomic E-state index is 2.37. The summed E-state index contributed by atoms with van der Waals surface area (Å²) in [6.07, 6.45) is 9.56. The van der Waals surface area contributed by atoms with E-state index in [2.05, 4.69) is 65.8 Å². The Morgan fingerprint density at radius 1 is 1.06 bits per heavy atom. The van der Waals surface area contributed by atoms with Crippen molar-refractivity contribution in [2.45, 2.75) is 39.2 Å². The molecule has 96 valence electrons. The Balaban J connectivity index is 2.12. The second kappa shape index (κ2) is 6.39. The summed E-state index contributed by atoms with van der Waals surface area (Å²) in [4.78, 5) is 0. The molecule has 0 aliphatic carbocycles. The minimum Gasteiger partial charge on any atom is -0.233 e. The van der Waals surface area contributed by atoms with Gasteiger partial charge in [0.2, 0.25) is 0 Å². The van der Waals surface area contributed by atoms with E-state index < -0.39 is 0 Å². The fourth-order valence-corrected chi connectivity index (χ4v) is 2.37. The maximum atomic E-state index is 2.37. The standard InChI is InChI=1S/C16H23N2/c1-3-4-5-9-12-18-14-13-17(2)16(18)15-10-7-6-8-11-15/h6-8,10-11,13-14H,3-5,9,12H2,1-2H3/q+1. The number of hydrogen-bond acceptors (Lipinski definition) is 0. The molecular weight excluding hydrogens is 220 g/mol.